The van der Waals surface area contributed by atoms with Crippen molar-refractivity contribution in [2.45, 2.75) is 29.5 Å². The molecule has 0 fully saturated rings. The predicted octanol–water partition coefficient (Wildman–Crippen LogP) is 4.06. The van der Waals surface area contributed by atoms with Crippen LogP contribution in [0.2, 0.25) is 5.02 Å². The van der Waals surface area contributed by atoms with Crippen LogP contribution in [0.1, 0.15) is 25.0 Å². The zero-order chi connectivity index (χ0) is 20.0. The molecule has 1 aromatic carbocycles. The fourth-order valence-electron chi connectivity index (χ4n) is 3.55. The summed E-state index contributed by atoms with van der Waals surface area (Å²) >= 11 is 7.82. The molecule has 5 rings (SSSR count). The van der Waals surface area contributed by atoms with Crippen LogP contribution in [0.4, 0.5) is 5.82 Å². The van der Waals surface area contributed by atoms with Crippen LogP contribution < -0.4 is 5.32 Å². The number of carbonyl (C=O) groups is 1. The first-order chi connectivity index (χ1) is 14.2. The molecule has 0 spiro atoms. The summed E-state index contributed by atoms with van der Waals surface area (Å²) < 4.78 is 6.54. The number of rotatable bonds is 4. The molecule has 0 radical (unpaired) electrons. The number of aromatic nitrogens is 5. The van der Waals surface area contributed by atoms with Gasteiger partial charge in [-0.05, 0) is 18.6 Å². The van der Waals surface area contributed by atoms with E-state index in [1.165, 1.54) is 24.4 Å². The number of nitrogens with one attached hydrogen (secondary N) is 1. The molecule has 29 heavy (non-hydrogen) atoms. The van der Waals surface area contributed by atoms with Crippen LogP contribution >= 0.6 is 23.4 Å². The molecule has 1 aliphatic rings. The van der Waals surface area contributed by atoms with Gasteiger partial charge in [0.15, 0.2) is 11.5 Å². The van der Waals surface area contributed by atoms with Gasteiger partial charge >= 0.3 is 0 Å². The van der Waals surface area contributed by atoms with Gasteiger partial charge in [-0.25, -0.2) is 14.6 Å². The van der Waals surface area contributed by atoms with Crippen molar-refractivity contribution in [2.24, 2.45) is 0 Å². The first kappa shape index (κ1) is 18.1. The third-order valence-electron chi connectivity index (χ3n) is 4.88. The summed E-state index contributed by atoms with van der Waals surface area (Å²) in [4.78, 5) is 21.9. The van der Waals surface area contributed by atoms with E-state index in [1.54, 1.807) is 10.7 Å². The summed E-state index contributed by atoms with van der Waals surface area (Å²) in [6, 6.07) is 9.07. The van der Waals surface area contributed by atoms with E-state index < -0.39 is 5.25 Å². The molecule has 10 heteroatoms. The second-order valence-electron chi connectivity index (χ2n) is 6.55. The van der Waals surface area contributed by atoms with Gasteiger partial charge in [0.25, 0.3) is 0 Å². The number of hydrogen-bond acceptors (Lipinski definition) is 7. The van der Waals surface area contributed by atoms with E-state index in [-0.39, 0.29) is 11.8 Å². The minimum atomic E-state index is -0.406. The van der Waals surface area contributed by atoms with E-state index >= 15 is 0 Å². The molecule has 4 aromatic rings. The summed E-state index contributed by atoms with van der Waals surface area (Å²) in [5, 5.41) is 13.2. The van der Waals surface area contributed by atoms with Crippen molar-refractivity contribution in [3.8, 4) is 5.69 Å². The number of carbonyl (C=O) groups excluding carboxylic acids is 1. The topological polar surface area (TPSA) is 98.7 Å². The van der Waals surface area contributed by atoms with Crippen LogP contribution in [-0.4, -0.2) is 36.1 Å². The van der Waals surface area contributed by atoms with Gasteiger partial charge in [0.1, 0.15) is 17.6 Å². The number of para-hydroxylation sites is 1. The zero-order valence-corrected chi connectivity index (χ0v) is 16.8. The Hall–Kier alpha value is -2.91. The largest absolute Gasteiger partial charge is 0.363 e. The third-order valence-corrected chi connectivity index (χ3v) is 6.53. The van der Waals surface area contributed by atoms with Crippen molar-refractivity contribution in [3.63, 3.8) is 0 Å². The average molecular weight is 427 g/mol. The molecule has 1 N–H and O–H groups in total. The van der Waals surface area contributed by atoms with E-state index in [9.17, 15) is 4.79 Å². The highest BCUT2D eigenvalue weighted by atomic mass is 35.5. The molecule has 0 saturated heterocycles. The maximum atomic E-state index is 13.0. The van der Waals surface area contributed by atoms with Gasteiger partial charge in [0, 0.05) is 12.0 Å². The van der Waals surface area contributed by atoms with Crippen molar-refractivity contribution >= 4 is 46.1 Å². The number of benzene rings is 1. The Balaban J connectivity index is 1.62. The predicted molar refractivity (Wildman–Crippen MR) is 109 cm³/mol. The van der Waals surface area contributed by atoms with Crippen molar-refractivity contribution in [2.75, 3.05) is 5.32 Å². The van der Waals surface area contributed by atoms with E-state index in [0.717, 1.165) is 28.2 Å². The Kier molecular flexibility index (Phi) is 4.48. The fraction of sp³-hybridized carbons (Fsp3) is 0.211. The van der Waals surface area contributed by atoms with Crippen LogP contribution in [-0.2, 0) is 4.79 Å². The zero-order valence-electron chi connectivity index (χ0n) is 15.2. The first-order valence-corrected chi connectivity index (χ1v) is 10.3. The first-order valence-electron chi connectivity index (χ1n) is 9.03. The minimum Gasteiger partial charge on any atom is -0.363 e. The fourth-order valence-corrected chi connectivity index (χ4v) is 5.08. The number of halogens is 1. The van der Waals surface area contributed by atoms with Crippen LogP contribution in [0.15, 0.2) is 52.5 Å². The molecule has 1 aliphatic heterocycles. The highest BCUT2D eigenvalue weighted by Gasteiger charge is 2.39. The van der Waals surface area contributed by atoms with Crippen LogP contribution in [0.25, 0.3) is 16.7 Å². The Morgan fingerprint density at radius 1 is 1.31 bits per heavy atom. The standard InChI is InChI=1S/C19H15ClN6O2S/c1-2-10-15-14-17(26(24-15)12-6-4-3-5-11(12)20)21-9-22-19(14)29-16(10)18(27)23-13-7-8-28-25-13/h3-10,16H,2H2,1H3,(H,23,25,27). The van der Waals surface area contributed by atoms with E-state index in [2.05, 4.69) is 20.4 Å². The van der Waals surface area contributed by atoms with E-state index in [4.69, 9.17) is 21.2 Å². The number of thioether (sulfide) groups is 1. The molecule has 3 aromatic heterocycles. The normalized spacial score (nSPS) is 18.1. The SMILES string of the molecule is CCC1c2nn(-c3ccccc3Cl)c3ncnc(c23)SC1C(=O)Nc1ccon1. The van der Waals surface area contributed by atoms with Crippen LogP contribution in [0.5, 0.6) is 0 Å². The Morgan fingerprint density at radius 3 is 2.93 bits per heavy atom. The van der Waals surface area contributed by atoms with Crippen LogP contribution in [0.3, 0.4) is 0 Å². The van der Waals surface area contributed by atoms with Gasteiger partial charge < -0.3 is 9.84 Å². The molecule has 4 heterocycles. The van der Waals surface area contributed by atoms with E-state index in [0.29, 0.717) is 16.5 Å². The lowest BCUT2D eigenvalue weighted by Crippen LogP contribution is -2.33. The second kappa shape index (κ2) is 7.16. The Morgan fingerprint density at radius 2 is 2.17 bits per heavy atom. The quantitative estimate of drug-likeness (QED) is 0.491. The molecule has 8 nitrogen and oxygen atoms in total. The van der Waals surface area contributed by atoms with Gasteiger partial charge in [0.2, 0.25) is 5.91 Å². The molecular weight excluding hydrogens is 412 g/mol. The minimum absolute atomic E-state index is 0.114. The highest BCUT2D eigenvalue weighted by molar-refractivity contribution is 8.00. The van der Waals surface area contributed by atoms with Crippen molar-refractivity contribution in [3.05, 3.63) is 53.6 Å². The number of amides is 1. The smallest absolute Gasteiger partial charge is 0.239 e. The summed E-state index contributed by atoms with van der Waals surface area (Å²) in [5.41, 5.74) is 2.22. The maximum Gasteiger partial charge on any atom is 0.239 e. The molecule has 1 amide bonds. The molecule has 146 valence electrons. The Labute approximate surface area is 174 Å². The molecule has 0 bridgehead atoms. The van der Waals surface area contributed by atoms with Gasteiger partial charge in [-0.2, -0.15) is 5.10 Å². The monoisotopic (exact) mass is 426 g/mol. The van der Waals surface area contributed by atoms with Crippen molar-refractivity contribution in [1.29, 1.82) is 0 Å². The lowest BCUT2D eigenvalue weighted by Gasteiger charge is -2.27. The number of hydrogen-bond donors (Lipinski definition) is 1. The molecule has 2 unspecified atom stereocenters. The van der Waals surface area contributed by atoms with Gasteiger partial charge in [-0.3, -0.25) is 4.79 Å². The maximum absolute atomic E-state index is 13.0. The lowest BCUT2D eigenvalue weighted by atomic mass is 9.95. The summed E-state index contributed by atoms with van der Waals surface area (Å²) in [7, 11) is 0. The van der Waals surface area contributed by atoms with E-state index in [1.807, 2.05) is 31.2 Å². The molecular formula is C19H15ClN6O2S. The lowest BCUT2D eigenvalue weighted by molar-refractivity contribution is -0.116. The Bertz CT molecular complexity index is 1210. The average Bonchev–Trinajstić information content (AvgIpc) is 3.37. The molecule has 0 aliphatic carbocycles. The van der Waals surface area contributed by atoms with Crippen LogP contribution in [0, 0.1) is 0 Å². The van der Waals surface area contributed by atoms with Gasteiger partial charge in [0.05, 0.1) is 27.0 Å². The van der Waals surface area contributed by atoms with Gasteiger partial charge in [-0.15, -0.1) is 0 Å². The summed E-state index contributed by atoms with van der Waals surface area (Å²) in [6.45, 7) is 2.04. The molecule has 2 atom stereocenters. The number of nitrogens with zero attached hydrogens (tertiary/aromatic N) is 5. The summed E-state index contributed by atoms with van der Waals surface area (Å²) in [5.74, 6) is 0.0998. The van der Waals surface area contributed by atoms with Gasteiger partial charge in [-0.1, -0.05) is 47.6 Å². The third kappa shape index (κ3) is 2.97. The second-order valence-corrected chi connectivity index (χ2v) is 8.09. The van der Waals surface area contributed by atoms with Crippen molar-refractivity contribution < 1.29 is 9.32 Å². The highest BCUT2D eigenvalue weighted by Crippen LogP contribution is 2.46. The number of anilines is 1. The summed E-state index contributed by atoms with van der Waals surface area (Å²) in [6.07, 6.45) is 3.63. The van der Waals surface area contributed by atoms with Crippen molar-refractivity contribution in [1.82, 2.24) is 24.9 Å². The molecule has 0 saturated carbocycles.